The Hall–Kier alpha value is -2.21. The first-order valence-electron chi connectivity index (χ1n) is 8.90. The van der Waals surface area contributed by atoms with Crippen molar-refractivity contribution in [2.45, 2.75) is 25.0 Å². The molecule has 2 aliphatic heterocycles. The number of likely N-dealkylation sites (N-methyl/N-ethyl adjacent to an activating group) is 1. The van der Waals surface area contributed by atoms with Gasteiger partial charge >= 0.3 is 0 Å². The van der Waals surface area contributed by atoms with Gasteiger partial charge in [-0.2, -0.15) is 0 Å². The summed E-state index contributed by atoms with van der Waals surface area (Å²) >= 11 is 0. The van der Waals surface area contributed by atoms with Crippen molar-refractivity contribution < 1.29 is 9.53 Å². The summed E-state index contributed by atoms with van der Waals surface area (Å²) in [7, 11) is 4.20. The Labute approximate surface area is 156 Å². The maximum Gasteiger partial charge on any atom is 0.127 e. The fourth-order valence-electron chi connectivity index (χ4n) is 2.77. The van der Waals surface area contributed by atoms with Gasteiger partial charge in [-0.3, -0.25) is 4.90 Å². The van der Waals surface area contributed by atoms with E-state index < -0.39 is 0 Å². The smallest absolute Gasteiger partial charge is 0.127 e. The Balaban J connectivity index is 0.000000295. The van der Waals surface area contributed by atoms with Crippen LogP contribution in [0.4, 0.5) is 0 Å². The van der Waals surface area contributed by atoms with E-state index in [2.05, 4.69) is 36.0 Å². The molecule has 2 saturated heterocycles. The normalized spacial score (nSPS) is 23.4. The Morgan fingerprint density at radius 3 is 2.12 bits per heavy atom. The average molecular weight is 355 g/mol. The zero-order valence-electron chi connectivity index (χ0n) is 15.7. The van der Waals surface area contributed by atoms with E-state index >= 15 is 0 Å². The molecule has 2 N–H and O–H groups in total. The van der Waals surface area contributed by atoms with E-state index in [1.807, 2.05) is 49.3 Å². The van der Waals surface area contributed by atoms with Gasteiger partial charge in [0.1, 0.15) is 18.3 Å². The van der Waals surface area contributed by atoms with Crippen LogP contribution >= 0.6 is 0 Å². The number of benzene rings is 2. The molecule has 5 heteroatoms. The first kappa shape index (κ1) is 20.1. The van der Waals surface area contributed by atoms with E-state index in [9.17, 15) is 0 Å². The minimum atomic E-state index is 0.207. The summed E-state index contributed by atoms with van der Waals surface area (Å²) in [5, 5.41) is 0. The summed E-state index contributed by atoms with van der Waals surface area (Å²) < 4.78 is 5.83. The number of nitrogens with zero attached hydrogens (tertiary/aromatic N) is 2. The predicted molar refractivity (Wildman–Crippen MR) is 105 cm³/mol. The molecule has 0 aliphatic carbocycles. The lowest BCUT2D eigenvalue weighted by Gasteiger charge is -2.24. The second kappa shape index (κ2) is 10.1. The molecular weight excluding hydrogens is 326 g/mol. The number of para-hydroxylation sites is 1. The predicted octanol–water partition coefficient (Wildman–Crippen LogP) is 2.76. The third kappa shape index (κ3) is 5.95. The molecule has 3 unspecified atom stereocenters. The van der Waals surface area contributed by atoms with Gasteiger partial charge in [0.25, 0.3) is 0 Å². The van der Waals surface area contributed by atoms with Gasteiger partial charge in [-0.25, -0.2) is 0 Å². The number of hydrogen-bond donors (Lipinski definition) is 1. The van der Waals surface area contributed by atoms with Crippen molar-refractivity contribution >= 4 is 6.79 Å². The third-order valence-corrected chi connectivity index (χ3v) is 4.70. The largest absolute Gasteiger partial charge is 0.457 e. The van der Waals surface area contributed by atoms with Gasteiger partial charge in [-0.15, -0.1) is 0 Å². The highest BCUT2D eigenvalue weighted by Crippen LogP contribution is 2.27. The van der Waals surface area contributed by atoms with Crippen LogP contribution in [0, 0.1) is 0 Å². The molecule has 2 aliphatic rings. The van der Waals surface area contributed by atoms with Crippen LogP contribution in [0.15, 0.2) is 54.6 Å². The molecule has 2 heterocycles. The fourth-order valence-corrected chi connectivity index (χ4v) is 2.77. The Morgan fingerprint density at radius 2 is 1.62 bits per heavy atom. The Kier molecular flexibility index (Phi) is 7.78. The zero-order chi connectivity index (χ0) is 18.9. The summed E-state index contributed by atoms with van der Waals surface area (Å²) in [4.78, 5) is 12.5. The van der Waals surface area contributed by atoms with Crippen molar-refractivity contribution in [3.63, 3.8) is 0 Å². The Morgan fingerprint density at radius 1 is 1.04 bits per heavy atom. The van der Waals surface area contributed by atoms with Gasteiger partial charge < -0.3 is 20.2 Å². The summed E-state index contributed by atoms with van der Waals surface area (Å²) in [5.74, 6) is 1.74. The van der Waals surface area contributed by atoms with Crippen molar-refractivity contribution in [3.8, 4) is 11.5 Å². The van der Waals surface area contributed by atoms with Crippen LogP contribution in [-0.4, -0.2) is 56.0 Å². The standard InChI is InChI=1S/C16H18N2O.C4H9N.CH2O/c1-18-15(16(18)17)11-12-6-5-9-14(10-12)19-13-7-3-2-4-8-13;1-5-3-2-4-5;1-2/h2-10,15-16H,11,17H2,1H3;2-4H2,1H3;1H2. The van der Waals surface area contributed by atoms with E-state index in [1.165, 1.54) is 25.1 Å². The number of ether oxygens (including phenoxy) is 1. The lowest BCUT2D eigenvalue weighted by molar-refractivity contribution is -0.0979. The van der Waals surface area contributed by atoms with Crippen LogP contribution in [0.5, 0.6) is 11.5 Å². The highest BCUT2D eigenvalue weighted by atomic mass is 16.5. The topological polar surface area (TPSA) is 58.6 Å². The molecule has 4 rings (SSSR count). The van der Waals surface area contributed by atoms with Gasteiger partial charge in [0.2, 0.25) is 0 Å². The minimum absolute atomic E-state index is 0.207. The number of carbonyl (C=O) groups excluding carboxylic acids is 1. The van der Waals surface area contributed by atoms with Gasteiger partial charge in [0.15, 0.2) is 0 Å². The monoisotopic (exact) mass is 355 g/mol. The lowest BCUT2D eigenvalue weighted by atomic mass is 10.1. The van der Waals surface area contributed by atoms with Crippen LogP contribution in [0.25, 0.3) is 0 Å². The SMILES string of the molecule is C=O.CN1C(N)C1Cc1cccc(Oc2ccccc2)c1.CN1CCC1. The molecule has 0 amide bonds. The van der Waals surface area contributed by atoms with E-state index in [1.54, 1.807) is 0 Å². The molecule has 0 saturated carbocycles. The summed E-state index contributed by atoms with van der Waals surface area (Å²) in [5.41, 5.74) is 7.18. The van der Waals surface area contributed by atoms with Crippen LogP contribution < -0.4 is 10.5 Å². The number of carbonyl (C=O) groups is 1. The van der Waals surface area contributed by atoms with Gasteiger partial charge in [-0.05, 0) is 69.9 Å². The van der Waals surface area contributed by atoms with Gasteiger partial charge in [0.05, 0.1) is 6.17 Å². The maximum absolute atomic E-state index is 8.00. The highest BCUT2D eigenvalue weighted by molar-refractivity contribution is 5.34. The third-order valence-electron chi connectivity index (χ3n) is 4.70. The maximum atomic E-state index is 8.00. The molecule has 26 heavy (non-hydrogen) atoms. The fraction of sp³-hybridized carbons (Fsp3) is 0.381. The van der Waals surface area contributed by atoms with Crippen molar-refractivity contribution in [2.75, 3.05) is 27.2 Å². The van der Waals surface area contributed by atoms with E-state index in [0.717, 1.165) is 17.9 Å². The first-order chi connectivity index (χ1) is 12.6. The molecule has 0 bridgehead atoms. The molecule has 2 aromatic rings. The van der Waals surface area contributed by atoms with Crippen LogP contribution in [0.2, 0.25) is 0 Å². The molecule has 2 fully saturated rings. The van der Waals surface area contributed by atoms with Gasteiger partial charge in [0, 0.05) is 6.04 Å². The van der Waals surface area contributed by atoms with Crippen LogP contribution in [0.1, 0.15) is 12.0 Å². The lowest BCUT2D eigenvalue weighted by Crippen LogP contribution is -2.32. The van der Waals surface area contributed by atoms with E-state index in [-0.39, 0.29) is 6.17 Å². The molecule has 5 nitrogen and oxygen atoms in total. The molecule has 3 atom stereocenters. The second-order valence-electron chi connectivity index (χ2n) is 6.65. The number of rotatable bonds is 4. The van der Waals surface area contributed by atoms with Crippen molar-refractivity contribution in [1.29, 1.82) is 0 Å². The molecule has 2 aromatic carbocycles. The number of likely N-dealkylation sites (tertiary alicyclic amines) is 1. The average Bonchev–Trinajstić information content (AvgIpc) is 3.21. The van der Waals surface area contributed by atoms with Crippen LogP contribution in [0.3, 0.4) is 0 Å². The Bertz CT molecular complexity index is 653. The number of nitrogens with two attached hydrogens (primary N) is 1. The van der Waals surface area contributed by atoms with Gasteiger partial charge in [-0.1, -0.05) is 30.3 Å². The molecule has 0 spiro atoms. The zero-order valence-corrected chi connectivity index (χ0v) is 15.7. The molecule has 0 aromatic heterocycles. The number of hydrogen-bond acceptors (Lipinski definition) is 5. The summed E-state index contributed by atoms with van der Waals surface area (Å²) in [6.45, 7) is 4.64. The van der Waals surface area contributed by atoms with Crippen molar-refractivity contribution in [3.05, 3.63) is 60.2 Å². The van der Waals surface area contributed by atoms with Crippen molar-refractivity contribution in [1.82, 2.24) is 9.80 Å². The first-order valence-corrected chi connectivity index (χ1v) is 8.90. The van der Waals surface area contributed by atoms with Crippen molar-refractivity contribution in [2.24, 2.45) is 5.73 Å². The van der Waals surface area contributed by atoms with E-state index in [0.29, 0.717) is 6.04 Å². The van der Waals surface area contributed by atoms with Crippen LogP contribution in [-0.2, 0) is 11.2 Å². The molecule has 0 radical (unpaired) electrons. The van der Waals surface area contributed by atoms with E-state index in [4.69, 9.17) is 15.3 Å². The quantitative estimate of drug-likeness (QED) is 0.855. The molecule has 140 valence electrons. The second-order valence-corrected chi connectivity index (χ2v) is 6.65. The highest BCUT2D eigenvalue weighted by Gasteiger charge is 2.40. The molecular formula is C21H29N3O2. The summed E-state index contributed by atoms with van der Waals surface area (Å²) in [6, 6.07) is 18.5. The minimum Gasteiger partial charge on any atom is -0.457 e. The summed E-state index contributed by atoms with van der Waals surface area (Å²) in [6.07, 6.45) is 2.60.